The van der Waals surface area contributed by atoms with Crippen molar-refractivity contribution < 1.29 is 36.9 Å². The maximum absolute atomic E-state index is 14.6. The molecule has 1 N–H and O–H groups in total. The number of alkyl halides is 3. The molecule has 0 amide bonds. The summed E-state index contributed by atoms with van der Waals surface area (Å²) >= 11 is 5.81. The minimum atomic E-state index is -5.00. The number of ketones is 1. The molecule has 0 saturated heterocycles. The molecular weight excluding hydrogens is 454 g/mol. The van der Waals surface area contributed by atoms with Gasteiger partial charge in [0, 0.05) is 23.9 Å². The van der Waals surface area contributed by atoms with Gasteiger partial charge in [0.2, 0.25) is 6.17 Å². The quantitative estimate of drug-likeness (QED) is 0.348. The van der Waals surface area contributed by atoms with E-state index in [4.69, 9.17) is 11.6 Å². The Morgan fingerprint density at radius 2 is 1.97 bits per heavy atom. The van der Waals surface area contributed by atoms with E-state index in [1.165, 1.54) is 16.8 Å². The number of carbonyl (C=O) groups is 1. The monoisotopic (exact) mass is 468 g/mol. The zero-order valence-corrected chi connectivity index (χ0v) is 16.9. The molecule has 1 aliphatic heterocycles. The lowest BCUT2D eigenvalue weighted by Crippen LogP contribution is -2.60. The van der Waals surface area contributed by atoms with Crippen LogP contribution in [0, 0.1) is 5.82 Å². The average molecular weight is 469 g/mol. The van der Waals surface area contributed by atoms with Crippen LogP contribution >= 0.6 is 11.6 Å². The van der Waals surface area contributed by atoms with E-state index in [-0.39, 0.29) is 17.3 Å². The van der Waals surface area contributed by atoms with Crippen LogP contribution in [0.15, 0.2) is 60.9 Å². The smallest absolute Gasteiger partial charge is 0.406 e. The third kappa shape index (κ3) is 4.43. The Morgan fingerprint density at radius 3 is 2.66 bits per heavy atom. The number of benzene rings is 1. The Balaban J connectivity index is 1.78. The van der Waals surface area contributed by atoms with E-state index in [0.29, 0.717) is 10.6 Å². The first-order chi connectivity index (χ1) is 15.1. The first-order valence-electron chi connectivity index (χ1n) is 9.31. The zero-order chi connectivity index (χ0) is 23.0. The van der Waals surface area contributed by atoms with Crippen LogP contribution in [0.5, 0.6) is 5.75 Å². The number of nitrogens with zero attached hydrogens (tertiary/aromatic N) is 3. The highest BCUT2D eigenvalue weighted by molar-refractivity contribution is 6.29. The number of halogens is 5. The Kier molecular flexibility index (Phi) is 5.85. The van der Waals surface area contributed by atoms with Crippen molar-refractivity contribution in [1.29, 1.82) is 0 Å². The molecule has 0 saturated carbocycles. The van der Waals surface area contributed by atoms with Crippen molar-refractivity contribution in [3.05, 3.63) is 88.7 Å². The fraction of sp³-hybridized carbons (Fsp3) is 0.190. The highest BCUT2D eigenvalue weighted by atomic mass is 35.5. The van der Waals surface area contributed by atoms with Gasteiger partial charge in [-0.3, -0.25) is 4.79 Å². The standard InChI is InChI=1S/C21H15ClF4N3O3/c22-17-7-4-12(11-27-17)9-18-28-8-2-1-3-16(28)20(30)19(29(18)31)14-10-13(5-6-15(14)23)32-21(24,25)26/h1-8,10-11,18-19,31H,9H2/q+1. The van der Waals surface area contributed by atoms with Gasteiger partial charge < -0.3 is 9.94 Å². The van der Waals surface area contributed by atoms with Crippen molar-refractivity contribution in [1.82, 2.24) is 10.0 Å². The minimum absolute atomic E-state index is 0.145. The van der Waals surface area contributed by atoms with E-state index in [2.05, 4.69) is 9.72 Å². The van der Waals surface area contributed by atoms with Crippen molar-refractivity contribution in [2.24, 2.45) is 0 Å². The molecule has 0 aliphatic carbocycles. The molecule has 2 aromatic heterocycles. The lowest BCUT2D eigenvalue weighted by atomic mass is 9.94. The summed E-state index contributed by atoms with van der Waals surface area (Å²) in [5.41, 5.74) is 0.355. The number of hydroxylamine groups is 2. The van der Waals surface area contributed by atoms with Gasteiger partial charge >= 0.3 is 6.36 Å². The summed E-state index contributed by atoms with van der Waals surface area (Å²) in [6.07, 6.45) is -2.68. The van der Waals surface area contributed by atoms with Gasteiger partial charge in [-0.25, -0.2) is 9.37 Å². The summed E-state index contributed by atoms with van der Waals surface area (Å²) in [5, 5.41) is 11.9. The summed E-state index contributed by atoms with van der Waals surface area (Å²) < 4.78 is 57.9. The van der Waals surface area contributed by atoms with Crippen LogP contribution < -0.4 is 9.30 Å². The SMILES string of the molecule is O=C1c2cccc[n+]2C(Cc2ccc(Cl)nc2)N(O)C1c1cc(OC(F)(F)F)ccc1F. The third-order valence-corrected chi connectivity index (χ3v) is 5.21. The first kappa shape index (κ1) is 22.1. The van der Waals surface area contributed by atoms with Gasteiger partial charge in [-0.15, -0.1) is 18.2 Å². The first-order valence-corrected chi connectivity index (χ1v) is 9.69. The number of Topliss-reactive ketones (excluding diaryl/α,β-unsaturated/α-hetero) is 1. The molecule has 3 heterocycles. The van der Waals surface area contributed by atoms with E-state index in [1.54, 1.807) is 30.5 Å². The number of carbonyl (C=O) groups excluding carboxylic acids is 1. The molecule has 4 rings (SSSR count). The largest absolute Gasteiger partial charge is 0.573 e. The van der Waals surface area contributed by atoms with E-state index < -0.39 is 41.5 Å². The second-order valence-corrected chi connectivity index (χ2v) is 7.43. The minimum Gasteiger partial charge on any atom is -0.406 e. The summed E-state index contributed by atoms with van der Waals surface area (Å²) in [7, 11) is 0. The van der Waals surface area contributed by atoms with Gasteiger partial charge in [0.15, 0.2) is 6.20 Å². The van der Waals surface area contributed by atoms with Crippen LogP contribution in [-0.4, -0.2) is 27.4 Å². The summed E-state index contributed by atoms with van der Waals surface area (Å²) in [5.74, 6) is -2.37. The number of hydrogen-bond acceptors (Lipinski definition) is 5. The Hall–Kier alpha value is -3.08. The van der Waals surface area contributed by atoms with E-state index in [1.807, 2.05) is 0 Å². The molecule has 166 valence electrons. The van der Waals surface area contributed by atoms with Gasteiger partial charge in [0.05, 0.1) is 6.42 Å². The van der Waals surface area contributed by atoms with Gasteiger partial charge in [-0.2, -0.15) is 4.57 Å². The number of fused-ring (bicyclic) bond motifs is 1. The second-order valence-electron chi connectivity index (χ2n) is 7.04. The summed E-state index contributed by atoms with van der Waals surface area (Å²) in [6, 6.07) is 8.67. The molecule has 0 bridgehead atoms. The van der Waals surface area contributed by atoms with Crippen LogP contribution in [-0.2, 0) is 6.42 Å². The van der Waals surface area contributed by atoms with Gasteiger partial charge in [-0.05, 0) is 35.9 Å². The van der Waals surface area contributed by atoms with Crippen molar-refractivity contribution in [2.45, 2.75) is 25.0 Å². The van der Waals surface area contributed by atoms with Gasteiger partial charge in [0.1, 0.15) is 22.8 Å². The van der Waals surface area contributed by atoms with Gasteiger partial charge in [-0.1, -0.05) is 17.7 Å². The summed E-state index contributed by atoms with van der Waals surface area (Å²) in [6.45, 7) is 0. The lowest BCUT2D eigenvalue weighted by molar-refractivity contribution is -0.764. The number of aromatic nitrogens is 2. The predicted molar refractivity (Wildman–Crippen MR) is 102 cm³/mol. The Labute approximate surface area is 184 Å². The van der Waals surface area contributed by atoms with Crippen molar-refractivity contribution in [3.63, 3.8) is 0 Å². The highest BCUT2D eigenvalue weighted by Gasteiger charge is 2.47. The highest BCUT2D eigenvalue weighted by Crippen LogP contribution is 2.36. The molecule has 6 nitrogen and oxygen atoms in total. The molecule has 0 fully saturated rings. The maximum Gasteiger partial charge on any atom is 0.573 e. The van der Waals surface area contributed by atoms with E-state index in [9.17, 15) is 27.6 Å². The van der Waals surface area contributed by atoms with Crippen molar-refractivity contribution >= 4 is 17.4 Å². The van der Waals surface area contributed by atoms with Crippen LogP contribution in [0.1, 0.15) is 33.8 Å². The number of hydrogen-bond donors (Lipinski definition) is 1. The van der Waals surface area contributed by atoms with Crippen LogP contribution in [0.3, 0.4) is 0 Å². The third-order valence-electron chi connectivity index (χ3n) is 4.98. The zero-order valence-electron chi connectivity index (χ0n) is 16.1. The van der Waals surface area contributed by atoms with Crippen molar-refractivity contribution in [3.8, 4) is 5.75 Å². The topological polar surface area (TPSA) is 66.5 Å². The number of pyridine rings is 2. The number of ether oxygens (including phenoxy) is 1. The molecule has 11 heteroatoms. The maximum atomic E-state index is 14.6. The molecular formula is C21H15ClF4N3O3+. The molecule has 2 unspecified atom stereocenters. The van der Waals surface area contributed by atoms with E-state index in [0.717, 1.165) is 18.2 Å². The van der Waals surface area contributed by atoms with Gasteiger partial charge in [0.25, 0.3) is 11.5 Å². The second kappa shape index (κ2) is 8.45. The molecule has 0 spiro atoms. The molecule has 32 heavy (non-hydrogen) atoms. The molecule has 0 radical (unpaired) electrons. The Bertz CT molecular complexity index is 1160. The fourth-order valence-corrected chi connectivity index (χ4v) is 3.74. The Morgan fingerprint density at radius 1 is 1.19 bits per heavy atom. The van der Waals surface area contributed by atoms with Crippen LogP contribution in [0.2, 0.25) is 5.15 Å². The van der Waals surface area contributed by atoms with Crippen LogP contribution in [0.25, 0.3) is 0 Å². The molecule has 3 aromatic rings. The van der Waals surface area contributed by atoms with E-state index >= 15 is 0 Å². The molecule has 2 atom stereocenters. The predicted octanol–water partition coefficient (Wildman–Crippen LogP) is 4.43. The molecule has 1 aromatic carbocycles. The molecule has 1 aliphatic rings. The summed E-state index contributed by atoms with van der Waals surface area (Å²) in [4.78, 5) is 17.1. The normalized spacial score (nSPS) is 19.0. The van der Waals surface area contributed by atoms with Crippen molar-refractivity contribution in [2.75, 3.05) is 0 Å². The van der Waals surface area contributed by atoms with Crippen LogP contribution in [0.4, 0.5) is 17.6 Å². The lowest BCUT2D eigenvalue weighted by Gasteiger charge is -2.33. The number of rotatable bonds is 4. The fourth-order valence-electron chi connectivity index (χ4n) is 3.63. The average Bonchev–Trinajstić information content (AvgIpc) is 2.74.